The molecule has 202 valence electrons. The molecule has 0 aliphatic carbocycles. The van der Waals surface area contributed by atoms with Crippen molar-refractivity contribution < 1.29 is 40.6 Å². The number of amidine groups is 1. The number of nitrogens with zero attached hydrogens (tertiary/aromatic N) is 2. The van der Waals surface area contributed by atoms with Crippen molar-refractivity contribution in [1.82, 2.24) is 10.3 Å². The minimum atomic E-state index is -4.95. The average molecular weight is 532 g/mol. The van der Waals surface area contributed by atoms with Gasteiger partial charge in [-0.25, -0.2) is 10.2 Å². The largest absolute Gasteiger partial charge is 0.452 e. The normalized spacial score (nSPS) is 19.5. The number of ether oxygens (including phenoxy) is 2. The van der Waals surface area contributed by atoms with Gasteiger partial charge in [0.15, 0.2) is 0 Å². The van der Waals surface area contributed by atoms with E-state index in [9.17, 15) is 31.1 Å². The topological polar surface area (TPSA) is 89.2 Å². The summed E-state index contributed by atoms with van der Waals surface area (Å²) in [5.74, 6) is 0.0691. The SMILES string of the molecule is COC(=O)N/N=C(\N)CN1CCC[C@H](OCc2cc(C(F)(F)F)cc(C(F)(F)F)c2)[C@@H]1c1ccccc1. The van der Waals surface area contributed by atoms with E-state index in [1.54, 1.807) is 12.1 Å². The summed E-state index contributed by atoms with van der Waals surface area (Å²) < 4.78 is 89.9. The third kappa shape index (κ3) is 7.83. The molecule has 37 heavy (non-hydrogen) atoms. The Hall–Kier alpha value is -3.32. The van der Waals surface area contributed by atoms with E-state index in [4.69, 9.17) is 10.5 Å². The van der Waals surface area contributed by atoms with Gasteiger partial charge in [-0.1, -0.05) is 30.3 Å². The van der Waals surface area contributed by atoms with E-state index in [1.165, 1.54) is 7.11 Å². The molecule has 2 aromatic rings. The van der Waals surface area contributed by atoms with Crippen LogP contribution in [0, 0.1) is 0 Å². The van der Waals surface area contributed by atoms with Crippen LogP contribution in [0.2, 0.25) is 0 Å². The second kappa shape index (κ2) is 11.8. The molecule has 2 atom stereocenters. The molecule has 0 aromatic heterocycles. The highest BCUT2D eigenvalue weighted by Gasteiger charge is 2.38. The van der Waals surface area contributed by atoms with Crippen LogP contribution in [-0.2, 0) is 28.4 Å². The molecule has 1 amide bonds. The number of carbonyl (C=O) groups excluding carboxylic acids is 1. The van der Waals surface area contributed by atoms with Gasteiger partial charge in [-0.05, 0) is 48.7 Å². The molecule has 0 radical (unpaired) electrons. The summed E-state index contributed by atoms with van der Waals surface area (Å²) in [6.45, 7) is 0.225. The van der Waals surface area contributed by atoms with Gasteiger partial charge in [0.05, 0.1) is 43.5 Å². The fourth-order valence-corrected chi connectivity index (χ4v) is 4.17. The van der Waals surface area contributed by atoms with Crippen LogP contribution < -0.4 is 11.2 Å². The van der Waals surface area contributed by atoms with Crippen molar-refractivity contribution in [3.05, 3.63) is 70.8 Å². The second-order valence-electron chi connectivity index (χ2n) is 8.44. The standard InChI is InChI=1S/C24H26F6N4O3/c1-36-22(35)33-32-20(31)13-34-9-5-8-19(21(34)16-6-3-2-4-7-16)37-14-15-10-17(23(25,26)27)12-18(11-15)24(28,29)30/h2-4,6-7,10-12,19,21H,5,8-9,13-14H2,1H3,(H2,31,32)(H,33,35)/t19-,21-/m0/s1. The first-order chi connectivity index (χ1) is 17.4. The number of methoxy groups -OCH3 is 1. The number of halogens is 6. The Morgan fingerprint density at radius 3 is 2.27 bits per heavy atom. The van der Waals surface area contributed by atoms with Crippen LogP contribution in [0.1, 0.15) is 41.1 Å². The first-order valence-electron chi connectivity index (χ1n) is 11.2. The highest BCUT2D eigenvalue weighted by atomic mass is 19.4. The van der Waals surface area contributed by atoms with Gasteiger partial charge in [0.25, 0.3) is 0 Å². The summed E-state index contributed by atoms with van der Waals surface area (Å²) in [5, 5.41) is 3.78. The van der Waals surface area contributed by atoms with Crippen LogP contribution in [-0.4, -0.2) is 43.1 Å². The maximum Gasteiger partial charge on any atom is 0.427 e. The first-order valence-corrected chi connectivity index (χ1v) is 11.2. The molecular weight excluding hydrogens is 506 g/mol. The summed E-state index contributed by atoms with van der Waals surface area (Å²) in [5.41, 5.74) is 5.87. The zero-order valence-electron chi connectivity index (χ0n) is 19.8. The Kier molecular flexibility index (Phi) is 9.02. The van der Waals surface area contributed by atoms with Gasteiger partial charge in [0.1, 0.15) is 5.84 Å². The maximum atomic E-state index is 13.3. The number of nitrogens with one attached hydrogen (secondary N) is 1. The number of hydrogen-bond donors (Lipinski definition) is 2. The molecule has 0 bridgehead atoms. The number of hydrogen-bond acceptors (Lipinski definition) is 5. The monoisotopic (exact) mass is 532 g/mol. The Bertz CT molecular complexity index is 1060. The second-order valence-corrected chi connectivity index (χ2v) is 8.44. The summed E-state index contributed by atoms with van der Waals surface area (Å²) in [4.78, 5) is 13.2. The van der Waals surface area contributed by atoms with Gasteiger partial charge in [-0.3, -0.25) is 4.90 Å². The number of amides is 1. The van der Waals surface area contributed by atoms with Crippen LogP contribution in [0.25, 0.3) is 0 Å². The van der Waals surface area contributed by atoms with Crippen LogP contribution in [0.4, 0.5) is 31.1 Å². The van der Waals surface area contributed by atoms with Gasteiger partial charge in [-0.15, -0.1) is 0 Å². The molecule has 0 unspecified atom stereocenters. The fraction of sp³-hybridized carbons (Fsp3) is 0.417. The molecule has 3 N–H and O–H groups in total. The summed E-state index contributed by atoms with van der Waals surface area (Å²) in [6, 6.07) is 10.1. The summed E-state index contributed by atoms with van der Waals surface area (Å²) in [7, 11) is 1.17. The molecule has 0 spiro atoms. The molecule has 13 heteroatoms. The van der Waals surface area contributed by atoms with Crippen molar-refractivity contribution in [2.75, 3.05) is 20.2 Å². The molecule has 7 nitrogen and oxygen atoms in total. The Balaban J connectivity index is 1.85. The number of alkyl halides is 6. The number of carbonyl (C=O) groups is 1. The number of likely N-dealkylation sites (tertiary alicyclic amines) is 1. The van der Waals surface area contributed by atoms with Crippen molar-refractivity contribution in [3.63, 3.8) is 0 Å². The van der Waals surface area contributed by atoms with Crippen LogP contribution in [0.5, 0.6) is 0 Å². The van der Waals surface area contributed by atoms with Gasteiger partial charge in [0, 0.05) is 0 Å². The van der Waals surface area contributed by atoms with Crippen LogP contribution in [0.15, 0.2) is 53.6 Å². The molecule has 1 fully saturated rings. The lowest BCUT2D eigenvalue weighted by Gasteiger charge is -2.41. The van der Waals surface area contributed by atoms with Crippen molar-refractivity contribution in [1.29, 1.82) is 0 Å². The molecule has 1 aliphatic rings. The number of piperidine rings is 1. The van der Waals surface area contributed by atoms with E-state index < -0.39 is 48.3 Å². The Morgan fingerprint density at radius 1 is 1.08 bits per heavy atom. The molecule has 1 heterocycles. The molecule has 0 saturated carbocycles. The highest BCUT2D eigenvalue weighted by molar-refractivity contribution is 5.83. The van der Waals surface area contributed by atoms with Crippen molar-refractivity contribution >= 4 is 11.9 Å². The lowest BCUT2D eigenvalue weighted by molar-refractivity contribution is -0.143. The van der Waals surface area contributed by atoms with Gasteiger partial charge in [0.2, 0.25) is 0 Å². The third-order valence-corrected chi connectivity index (χ3v) is 5.77. The number of rotatable bonds is 7. The lowest BCUT2D eigenvalue weighted by atomic mass is 9.92. The van der Waals surface area contributed by atoms with Crippen molar-refractivity contribution in [2.45, 2.75) is 43.9 Å². The number of nitrogens with two attached hydrogens (primary N) is 1. The quantitative estimate of drug-likeness (QED) is 0.225. The van der Waals surface area contributed by atoms with Crippen LogP contribution >= 0.6 is 0 Å². The smallest absolute Gasteiger partial charge is 0.427 e. The van der Waals surface area contributed by atoms with E-state index >= 15 is 0 Å². The zero-order chi connectivity index (χ0) is 27.2. The maximum absolute atomic E-state index is 13.3. The predicted octanol–water partition coefficient (Wildman–Crippen LogP) is 5.07. The number of benzene rings is 2. The Labute approximate surface area is 209 Å². The fourth-order valence-electron chi connectivity index (χ4n) is 4.17. The minimum Gasteiger partial charge on any atom is -0.452 e. The Morgan fingerprint density at radius 2 is 1.70 bits per heavy atom. The van der Waals surface area contributed by atoms with E-state index in [0.717, 1.165) is 5.56 Å². The van der Waals surface area contributed by atoms with Gasteiger partial charge >= 0.3 is 18.4 Å². The first kappa shape index (κ1) is 28.3. The average Bonchev–Trinajstić information content (AvgIpc) is 2.85. The van der Waals surface area contributed by atoms with Gasteiger partial charge < -0.3 is 15.2 Å². The van der Waals surface area contributed by atoms with Gasteiger partial charge in [-0.2, -0.15) is 31.4 Å². The van der Waals surface area contributed by atoms with Crippen molar-refractivity contribution in [3.8, 4) is 0 Å². The summed E-state index contributed by atoms with van der Waals surface area (Å²) >= 11 is 0. The minimum absolute atomic E-state index is 0.0691. The van der Waals surface area contributed by atoms with Crippen molar-refractivity contribution in [2.24, 2.45) is 10.8 Å². The predicted molar refractivity (Wildman–Crippen MR) is 122 cm³/mol. The van der Waals surface area contributed by atoms with E-state index in [1.807, 2.05) is 23.1 Å². The van der Waals surface area contributed by atoms with E-state index in [2.05, 4.69) is 15.3 Å². The lowest BCUT2D eigenvalue weighted by Crippen LogP contribution is -2.46. The van der Waals surface area contributed by atoms with Crippen LogP contribution in [0.3, 0.4) is 0 Å². The third-order valence-electron chi connectivity index (χ3n) is 5.77. The number of hydrazone groups is 1. The molecule has 3 rings (SSSR count). The van der Waals surface area contributed by atoms with E-state index in [-0.39, 0.29) is 24.0 Å². The molecule has 1 aliphatic heterocycles. The zero-order valence-corrected chi connectivity index (χ0v) is 19.8. The molecular formula is C24H26F6N4O3. The highest BCUT2D eigenvalue weighted by Crippen LogP contribution is 2.38. The van der Waals surface area contributed by atoms with E-state index in [0.29, 0.717) is 31.5 Å². The summed E-state index contributed by atoms with van der Waals surface area (Å²) in [6.07, 6.45) is -10.1. The molecule has 2 aromatic carbocycles. The molecule has 1 saturated heterocycles.